The van der Waals surface area contributed by atoms with Gasteiger partial charge in [-0.1, -0.05) is 6.07 Å². The summed E-state index contributed by atoms with van der Waals surface area (Å²) in [4.78, 5) is 20.6. The summed E-state index contributed by atoms with van der Waals surface area (Å²) in [6, 6.07) is 8.87. The van der Waals surface area contributed by atoms with Crippen LogP contribution in [0.3, 0.4) is 0 Å². The van der Waals surface area contributed by atoms with E-state index in [0.717, 1.165) is 16.9 Å². The molecule has 1 amide bonds. The van der Waals surface area contributed by atoms with Gasteiger partial charge in [0.15, 0.2) is 10.8 Å². The number of rotatable bonds is 4. The number of amides is 1. The van der Waals surface area contributed by atoms with Gasteiger partial charge in [0.25, 0.3) is 5.91 Å². The Bertz CT molecular complexity index is 840. The Morgan fingerprint density at radius 2 is 2.08 bits per heavy atom. The van der Waals surface area contributed by atoms with Crippen LogP contribution in [0.25, 0.3) is 4.85 Å². The molecule has 0 fully saturated rings. The van der Waals surface area contributed by atoms with Crippen LogP contribution >= 0.6 is 12.2 Å². The first-order chi connectivity index (χ1) is 11.8. The Hall–Kier alpha value is -2.98. The van der Waals surface area contributed by atoms with Gasteiger partial charge in [0.05, 0.1) is 18.5 Å². The van der Waals surface area contributed by atoms with Crippen molar-refractivity contribution in [3.63, 3.8) is 0 Å². The van der Waals surface area contributed by atoms with Gasteiger partial charge in [0.1, 0.15) is 5.69 Å². The third-order valence-corrected chi connectivity index (χ3v) is 3.88. The van der Waals surface area contributed by atoms with E-state index in [9.17, 15) is 4.79 Å². The fourth-order valence-electron chi connectivity index (χ4n) is 2.37. The number of hydrogen-bond donors (Lipinski definition) is 2. The molecule has 2 rings (SSSR count). The second-order valence-corrected chi connectivity index (χ2v) is 6.16. The second-order valence-electron chi connectivity index (χ2n) is 5.77. The first kappa shape index (κ1) is 18.4. The van der Waals surface area contributed by atoms with E-state index in [2.05, 4.69) is 15.1 Å². The third kappa shape index (κ3) is 4.31. The zero-order valence-corrected chi connectivity index (χ0v) is 15.1. The fourth-order valence-corrected chi connectivity index (χ4v) is 2.80. The van der Waals surface area contributed by atoms with Crippen LogP contribution in [0.4, 0.5) is 17.1 Å². The lowest BCUT2D eigenvalue weighted by Gasteiger charge is -2.29. The summed E-state index contributed by atoms with van der Waals surface area (Å²) >= 11 is 5.54. The molecule has 25 heavy (non-hydrogen) atoms. The summed E-state index contributed by atoms with van der Waals surface area (Å²) in [7, 11) is 0. The monoisotopic (exact) mass is 353 g/mol. The van der Waals surface area contributed by atoms with E-state index in [1.807, 2.05) is 37.8 Å². The van der Waals surface area contributed by atoms with Crippen molar-refractivity contribution in [1.29, 1.82) is 0 Å². The summed E-state index contributed by atoms with van der Waals surface area (Å²) in [6.45, 7) is 13.0. The van der Waals surface area contributed by atoms with Gasteiger partial charge in [-0.2, -0.15) is 0 Å². The van der Waals surface area contributed by atoms with Crippen LogP contribution in [-0.2, 0) is 0 Å². The number of pyridine rings is 1. The molecule has 0 radical (unpaired) electrons. The van der Waals surface area contributed by atoms with Crippen LogP contribution in [0.5, 0.6) is 0 Å². The van der Waals surface area contributed by atoms with E-state index in [0.29, 0.717) is 10.8 Å². The maximum Gasteiger partial charge on any atom is 0.267 e. The molecule has 1 aromatic carbocycles. The van der Waals surface area contributed by atoms with Crippen molar-refractivity contribution in [1.82, 2.24) is 4.98 Å². The number of nitrogens with two attached hydrogens (primary N) is 1. The van der Waals surface area contributed by atoms with Gasteiger partial charge >= 0.3 is 0 Å². The molecule has 3 N–H and O–H groups in total. The first-order valence-corrected chi connectivity index (χ1v) is 8.08. The maximum atomic E-state index is 11.2. The number of carbonyl (C=O) groups is 1. The summed E-state index contributed by atoms with van der Waals surface area (Å²) in [5.74, 6) is -0.571. The molecule has 6 nitrogen and oxygen atoms in total. The van der Waals surface area contributed by atoms with Crippen LogP contribution in [0.1, 0.15) is 29.9 Å². The molecular formula is C18H19N5OS. The highest BCUT2D eigenvalue weighted by Crippen LogP contribution is 2.24. The van der Waals surface area contributed by atoms with Crippen molar-refractivity contribution >= 4 is 40.3 Å². The number of aromatic nitrogens is 1. The highest BCUT2D eigenvalue weighted by Gasteiger charge is 2.17. The van der Waals surface area contributed by atoms with E-state index in [4.69, 9.17) is 24.5 Å². The summed E-state index contributed by atoms with van der Waals surface area (Å²) in [6.07, 6.45) is 1.57. The molecule has 0 saturated carbocycles. The molecule has 0 saturated heterocycles. The maximum absolute atomic E-state index is 11.2. The largest absolute Gasteiger partial charge is 0.364 e. The number of hydrogen-bond acceptors (Lipinski definition) is 3. The normalized spacial score (nSPS) is 10.2. The minimum atomic E-state index is -0.571. The molecule has 0 aliphatic carbocycles. The van der Waals surface area contributed by atoms with Crippen molar-refractivity contribution in [2.24, 2.45) is 5.73 Å². The second kappa shape index (κ2) is 7.73. The average Bonchev–Trinajstić information content (AvgIpc) is 2.55. The smallest absolute Gasteiger partial charge is 0.267 e. The van der Waals surface area contributed by atoms with Crippen molar-refractivity contribution in [3.8, 4) is 0 Å². The van der Waals surface area contributed by atoms with Gasteiger partial charge in [0.2, 0.25) is 0 Å². The van der Waals surface area contributed by atoms with Gasteiger partial charge in [-0.3, -0.25) is 4.79 Å². The molecule has 0 bridgehead atoms. The summed E-state index contributed by atoms with van der Waals surface area (Å²) < 4.78 is 0. The van der Waals surface area contributed by atoms with Gasteiger partial charge in [-0.05, 0) is 62.8 Å². The Morgan fingerprint density at radius 3 is 2.56 bits per heavy atom. The van der Waals surface area contributed by atoms with E-state index >= 15 is 0 Å². The minimum Gasteiger partial charge on any atom is -0.364 e. The lowest BCUT2D eigenvalue weighted by molar-refractivity contribution is 0.0995. The van der Waals surface area contributed by atoms with Crippen molar-refractivity contribution < 1.29 is 4.79 Å². The number of aryl methyl sites for hydroxylation is 1. The Balaban J connectivity index is 2.25. The lowest BCUT2D eigenvalue weighted by Crippen LogP contribution is -2.40. The summed E-state index contributed by atoms with van der Waals surface area (Å²) in [5.41, 5.74) is 8.49. The number of thiocarbonyl (C=S) groups is 1. The van der Waals surface area contributed by atoms with Crippen LogP contribution in [-0.4, -0.2) is 22.0 Å². The summed E-state index contributed by atoms with van der Waals surface area (Å²) in [5, 5.41) is 3.69. The molecule has 7 heteroatoms. The predicted octanol–water partition coefficient (Wildman–Crippen LogP) is 3.65. The Kier molecular flexibility index (Phi) is 5.67. The molecule has 0 spiro atoms. The van der Waals surface area contributed by atoms with Gasteiger partial charge < -0.3 is 16.0 Å². The lowest BCUT2D eigenvalue weighted by atomic mass is 10.2. The Morgan fingerprint density at radius 1 is 1.36 bits per heavy atom. The number of anilines is 2. The van der Waals surface area contributed by atoms with E-state index in [1.54, 1.807) is 24.4 Å². The van der Waals surface area contributed by atoms with E-state index in [-0.39, 0.29) is 11.7 Å². The molecule has 128 valence electrons. The minimum absolute atomic E-state index is 0.0739. The van der Waals surface area contributed by atoms with Gasteiger partial charge in [-0.25, -0.2) is 9.83 Å². The molecule has 0 atom stereocenters. The quantitative estimate of drug-likeness (QED) is 0.648. The average molecular weight is 353 g/mol. The zero-order valence-electron chi connectivity index (χ0n) is 14.3. The molecule has 1 aromatic heterocycles. The molecule has 1 heterocycles. The number of nitrogens with zero attached hydrogens (tertiary/aromatic N) is 3. The predicted molar refractivity (Wildman–Crippen MR) is 104 cm³/mol. The Labute approximate surface area is 152 Å². The van der Waals surface area contributed by atoms with Gasteiger partial charge in [-0.15, -0.1) is 0 Å². The van der Waals surface area contributed by atoms with Crippen LogP contribution in [0, 0.1) is 13.5 Å². The molecule has 0 aliphatic rings. The molecule has 0 aliphatic heterocycles. The van der Waals surface area contributed by atoms with Crippen LogP contribution in [0.2, 0.25) is 0 Å². The SMILES string of the molecule is [C-]#[N+]c1ccc(NC(=S)N(c2ccc(C(N)=O)nc2)C(C)C)cc1C. The number of nitrogens with one attached hydrogen (secondary N) is 1. The zero-order chi connectivity index (χ0) is 18.6. The number of benzene rings is 1. The van der Waals surface area contributed by atoms with Crippen molar-refractivity contribution in [3.05, 3.63) is 59.2 Å². The fraction of sp³-hybridized carbons (Fsp3) is 0.222. The van der Waals surface area contributed by atoms with Crippen LogP contribution in [0.15, 0.2) is 36.5 Å². The molecular weight excluding hydrogens is 334 g/mol. The van der Waals surface area contributed by atoms with Gasteiger partial charge in [0, 0.05) is 11.7 Å². The van der Waals surface area contributed by atoms with E-state index in [1.165, 1.54) is 0 Å². The highest BCUT2D eigenvalue weighted by molar-refractivity contribution is 7.80. The van der Waals surface area contributed by atoms with Crippen molar-refractivity contribution in [2.75, 3.05) is 10.2 Å². The van der Waals surface area contributed by atoms with E-state index < -0.39 is 5.91 Å². The molecule has 2 aromatic rings. The topological polar surface area (TPSA) is 75.6 Å². The standard InChI is InChI=1S/C18H19N5OS/c1-11(2)23(14-6-8-16(17(19)24)21-10-14)18(25)22-13-5-7-15(20-4)12(3)9-13/h5-11H,1-3H3,(H2,19,24)(H,22,25). The molecule has 0 unspecified atom stereocenters. The third-order valence-electron chi connectivity index (χ3n) is 3.58. The number of primary amides is 1. The van der Waals surface area contributed by atoms with Crippen LogP contribution < -0.4 is 16.0 Å². The highest BCUT2D eigenvalue weighted by atomic mass is 32.1. The van der Waals surface area contributed by atoms with Crippen molar-refractivity contribution in [2.45, 2.75) is 26.8 Å². The first-order valence-electron chi connectivity index (χ1n) is 7.67. The number of carbonyl (C=O) groups excluding carboxylic acids is 1.